The van der Waals surface area contributed by atoms with Crippen LogP contribution in [0.5, 0.6) is 0 Å². The number of azide groups is 1. The molecule has 1 fully saturated rings. The van der Waals surface area contributed by atoms with Gasteiger partial charge >= 0.3 is 0 Å². The van der Waals surface area contributed by atoms with Gasteiger partial charge in [0.2, 0.25) is 5.72 Å². The summed E-state index contributed by atoms with van der Waals surface area (Å²) < 4.78 is 4.77. The molecule has 1 aliphatic heterocycles. The topological polar surface area (TPSA) is 156 Å². The van der Waals surface area contributed by atoms with Gasteiger partial charge < -0.3 is 25.2 Å². The van der Waals surface area contributed by atoms with E-state index in [0.29, 0.717) is 0 Å². The summed E-state index contributed by atoms with van der Waals surface area (Å²) in [6.07, 6.45) is -4.81. The largest absolute Gasteiger partial charge is 0.388 e. The SMILES string of the molecule is CC(=O)C1(O)O[C@@H](C)[C@H](O)[C@@H](O)[C@]1(O)N=[N+]=[N-]. The van der Waals surface area contributed by atoms with Crippen LogP contribution in [0.1, 0.15) is 13.8 Å². The Morgan fingerprint density at radius 2 is 2.00 bits per heavy atom. The summed E-state index contributed by atoms with van der Waals surface area (Å²) in [5.74, 6) is -3.97. The van der Waals surface area contributed by atoms with E-state index in [1.807, 2.05) is 0 Å². The van der Waals surface area contributed by atoms with Crippen molar-refractivity contribution in [3.05, 3.63) is 10.4 Å². The minimum Gasteiger partial charge on any atom is -0.388 e. The molecule has 1 saturated heterocycles. The van der Waals surface area contributed by atoms with Gasteiger partial charge in [0.05, 0.1) is 6.10 Å². The molecular weight excluding hydrogens is 234 g/mol. The molecule has 0 radical (unpaired) electrons. The third-order valence-corrected chi connectivity index (χ3v) is 2.75. The maximum atomic E-state index is 11.3. The van der Waals surface area contributed by atoms with Crippen LogP contribution in [-0.4, -0.2) is 56.0 Å². The van der Waals surface area contributed by atoms with Crippen molar-refractivity contribution < 1.29 is 30.0 Å². The summed E-state index contributed by atoms with van der Waals surface area (Å²) in [5, 5.41) is 41.7. The maximum Gasteiger partial charge on any atom is 0.265 e. The van der Waals surface area contributed by atoms with Gasteiger partial charge in [0, 0.05) is 11.8 Å². The number of ketones is 1. The summed E-state index contributed by atoms with van der Waals surface area (Å²) in [4.78, 5) is 13.5. The Hall–Kier alpha value is -1.22. The molecule has 96 valence electrons. The van der Waals surface area contributed by atoms with Crippen LogP contribution in [0.25, 0.3) is 10.4 Å². The van der Waals surface area contributed by atoms with E-state index in [0.717, 1.165) is 6.92 Å². The van der Waals surface area contributed by atoms with Crippen LogP contribution in [0.2, 0.25) is 0 Å². The van der Waals surface area contributed by atoms with Gasteiger partial charge in [-0.3, -0.25) is 4.79 Å². The molecule has 0 aromatic carbocycles. The lowest BCUT2D eigenvalue weighted by atomic mass is 9.85. The van der Waals surface area contributed by atoms with Crippen LogP contribution in [0, 0.1) is 0 Å². The Morgan fingerprint density at radius 3 is 2.41 bits per heavy atom. The number of aliphatic hydroxyl groups is 4. The van der Waals surface area contributed by atoms with E-state index in [4.69, 9.17) is 10.3 Å². The minimum atomic E-state index is -2.99. The highest BCUT2D eigenvalue weighted by atomic mass is 16.7. The van der Waals surface area contributed by atoms with Crippen molar-refractivity contribution in [2.75, 3.05) is 0 Å². The quantitative estimate of drug-likeness (QED) is 0.261. The fourth-order valence-corrected chi connectivity index (χ4v) is 1.66. The zero-order chi connectivity index (χ0) is 13.4. The fraction of sp³-hybridized carbons (Fsp3) is 0.875. The molecule has 4 N–H and O–H groups in total. The highest BCUT2D eigenvalue weighted by Gasteiger charge is 2.65. The van der Waals surface area contributed by atoms with Crippen LogP contribution >= 0.6 is 0 Å². The monoisotopic (exact) mass is 247 g/mol. The highest BCUT2D eigenvalue weighted by molar-refractivity contribution is 5.85. The standard InChI is InChI=1S/C8H13N3O6/c1-3-5(13)6(14)7(15,10-11-9)8(16,17-3)4(2)12/h3,5-6,13-16H,1-2H3/t3-,5-,6+,7+,8?/m0/s1. The van der Waals surface area contributed by atoms with Crippen molar-refractivity contribution in [1.29, 1.82) is 0 Å². The average molecular weight is 247 g/mol. The molecule has 0 saturated carbocycles. The Kier molecular flexibility index (Phi) is 3.44. The predicted molar refractivity (Wildman–Crippen MR) is 52.3 cm³/mol. The van der Waals surface area contributed by atoms with E-state index in [2.05, 4.69) is 10.0 Å². The number of hydrogen-bond donors (Lipinski definition) is 4. The summed E-state index contributed by atoms with van der Waals surface area (Å²) in [7, 11) is 0. The second-order valence-corrected chi connectivity index (χ2v) is 3.87. The fourth-order valence-electron chi connectivity index (χ4n) is 1.66. The first-order valence-corrected chi connectivity index (χ1v) is 4.76. The summed E-state index contributed by atoms with van der Waals surface area (Å²) in [6, 6.07) is 0. The molecule has 9 nitrogen and oxygen atoms in total. The van der Waals surface area contributed by atoms with E-state index in [1.165, 1.54) is 6.92 Å². The number of rotatable bonds is 2. The molecule has 1 rings (SSSR count). The molecule has 1 heterocycles. The molecule has 0 spiro atoms. The maximum absolute atomic E-state index is 11.3. The third kappa shape index (κ3) is 1.78. The molecular formula is C8H13N3O6. The smallest absolute Gasteiger partial charge is 0.265 e. The van der Waals surface area contributed by atoms with Gasteiger partial charge in [-0.1, -0.05) is 5.11 Å². The van der Waals surface area contributed by atoms with Gasteiger partial charge in [-0.15, -0.1) is 0 Å². The Balaban J connectivity index is 3.36. The van der Waals surface area contributed by atoms with Gasteiger partial charge in [0.25, 0.3) is 5.79 Å². The molecule has 1 aliphatic rings. The van der Waals surface area contributed by atoms with Crippen LogP contribution in [0.3, 0.4) is 0 Å². The molecule has 0 aromatic rings. The first-order chi connectivity index (χ1) is 7.70. The van der Waals surface area contributed by atoms with E-state index in [1.54, 1.807) is 0 Å². The lowest BCUT2D eigenvalue weighted by molar-refractivity contribution is -0.362. The lowest BCUT2D eigenvalue weighted by Crippen LogP contribution is -2.73. The van der Waals surface area contributed by atoms with Crippen LogP contribution in [0.15, 0.2) is 5.11 Å². The first kappa shape index (κ1) is 13.8. The average Bonchev–Trinajstić information content (AvgIpc) is 2.24. The van der Waals surface area contributed by atoms with Gasteiger partial charge in [0.1, 0.15) is 12.2 Å². The van der Waals surface area contributed by atoms with Gasteiger partial charge in [-0.05, 0) is 12.5 Å². The highest BCUT2D eigenvalue weighted by Crippen LogP contribution is 2.38. The first-order valence-electron chi connectivity index (χ1n) is 4.76. The molecule has 0 amide bonds. The molecule has 0 aromatic heterocycles. The molecule has 9 heteroatoms. The summed E-state index contributed by atoms with van der Waals surface area (Å²) in [6.45, 7) is 2.16. The van der Waals surface area contributed by atoms with Crippen LogP contribution in [-0.2, 0) is 9.53 Å². The zero-order valence-electron chi connectivity index (χ0n) is 9.18. The number of Topliss-reactive ketones (excluding diaryl/α,β-unsaturated/α-hetero) is 1. The number of hydrogen-bond acceptors (Lipinski definition) is 7. The number of ether oxygens (including phenoxy) is 1. The number of aliphatic hydroxyl groups excluding tert-OH is 2. The van der Waals surface area contributed by atoms with Crippen molar-refractivity contribution in [1.82, 2.24) is 0 Å². The Labute approximate surface area is 95.9 Å². The summed E-state index contributed by atoms with van der Waals surface area (Å²) in [5.41, 5.74) is 5.31. The minimum absolute atomic E-state index is 0.884. The van der Waals surface area contributed by atoms with Gasteiger partial charge in [-0.25, -0.2) is 0 Å². The summed E-state index contributed by atoms with van der Waals surface area (Å²) >= 11 is 0. The normalized spacial score (nSPS) is 46.1. The van der Waals surface area contributed by atoms with Crippen molar-refractivity contribution >= 4 is 5.78 Å². The predicted octanol–water partition coefficient (Wildman–Crippen LogP) is -1.60. The third-order valence-electron chi connectivity index (χ3n) is 2.75. The lowest BCUT2D eigenvalue weighted by Gasteiger charge is -2.48. The molecule has 0 aliphatic carbocycles. The van der Waals surface area contributed by atoms with Gasteiger partial charge in [-0.2, -0.15) is 0 Å². The Morgan fingerprint density at radius 1 is 1.47 bits per heavy atom. The molecule has 5 atom stereocenters. The van der Waals surface area contributed by atoms with Crippen molar-refractivity contribution in [3.8, 4) is 0 Å². The molecule has 0 bridgehead atoms. The molecule has 17 heavy (non-hydrogen) atoms. The number of carbonyl (C=O) groups excluding carboxylic acids is 1. The van der Waals surface area contributed by atoms with E-state index in [-0.39, 0.29) is 0 Å². The van der Waals surface area contributed by atoms with E-state index < -0.39 is 35.6 Å². The van der Waals surface area contributed by atoms with E-state index in [9.17, 15) is 25.2 Å². The van der Waals surface area contributed by atoms with Gasteiger partial charge in [0.15, 0.2) is 5.78 Å². The second-order valence-electron chi connectivity index (χ2n) is 3.87. The second kappa shape index (κ2) is 4.22. The van der Waals surface area contributed by atoms with Crippen molar-refractivity contribution in [3.63, 3.8) is 0 Å². The van der Waals surface area contributed by atoms with Crippen LogP contribution in [0.4, 0.5) is 0 Å². The van der Waals surface area contributed by atoms with Crippen molar-refractivity contribution in [2.24, 2.45) is 5.11 Å². The number of carbonyl (C=O) groups is 1. The van der Waals surface area contributed by atoms with Crippen LogP contribution < -0.4 is 0 Å². The molecule has 1 unspecified atom stereocenters. The Bertz CT molecular complexity index is 383. The number of nitrogens with zero attached hydrogens (tertiary/aromatic N) is 3. The van der Waals surface area contributed by atoms with E-state index >= 15 is 0 Å². The van der Waals surface area contributed by atoms with Crippen molar-refractivity contribution in [2.45, 2.75) is 43.7 Å². The zero-order valence-corrected chi connectivity index (χ0v) is 9.18.